The number of likely N-dealkylation sites (tertiary alicyclic amines) is 1. The van der Waals surface area contributed by atoms with Gasteiger partial charge in [-0.3, -0.25) is 9.69 Å². The molecule has 1 spiro atoms. The number of ether oxygens (including phenoxy) is 2. The van der Waals surface area contributed by atoms with Crippen molar-refractivity contribution in [1.82, 2.24) is 9.80 Å². The number of para-hydroxylation sites is 1. The zero-order valence-electron chi connectivity index (χ0n) is 16.0. The minimum absolute atomic E-state index is 0.0195. The molecule has 0 saturated carbocycles. The SMILES string of the molecule is CCCN1CCC2(CC1)OC[C@@H](C(=O)O)N2C(=O)c1ccccc1OCC. The molecule has 0 radical (unpaired) electrons. The number of rotatable bonds is 6. The van der Waals surface area contributed by atoms with E-state index in [-0.39, 0.29) is 12.5 Å². The average Bonchev–Trinajstić information content (AvgIpc) is 3.03. The molecule has 2 heterocycles. The summed E-state index contributed by atoms with van der Waals surface area (Å²) in [6, 6.07) is 6.00. The van der Waals surface area contributed by atoms with Crippen molar-refractivity contribution in [2.45, 2.75) is 44.9 Å². The number of carboxylic acid groups (broad SMARTS) is 1. The summed E-state index contributed by atoms with van der Waals surface area (Å²) in [5, 5.41) is 9.69. The van der Waals surface area contributed by atoms with E-state index in [1.54, 1.807) is 24.3 Å². The first-order valence-corrected chi connectivity index (χ1v) is 9.67. The van der Waals surface area contributed by atoms with Crippen molar-refractivity contribution in [1.29, 1.82) is 0 Å². The van der Waals surface area contributed by atoms with Gasteiger partial charge in [-0.25, -0.2) is 4.79 Å². The van der Waals surface area contributed by atoms with E-state index in [1.807, 2.05) is 6.92 Å². The van der Waals surface area contributed by atoms with Crippen LogP contribution in [-0.4, -0.2) is 71.4 Å². The second kappa shape index (κ2) is 8.27. The Morgan fingerprint density at radius 1 is 1.26 bits per heavy atom. The Labute approximate surface area is 159 Å². The predicted octanol–water partition coefficient (Wildman–Crippen LogP) is 2.21. The van der Waals surface area contributed by atoms with Crippen LogP contribution in [0.2, 0.25) is 0 Å². The molecule has 2 fully saturated rings. The van der Waals surface area contributed by atoms with Crippen LogP contribution in [0.15, 0.2) is 24.3 Å². The highest BCUT2D eigenvalue weighted by Crippen LogP contribution is 2.39. The van der Waals surface area contributed by atoms with Gasteiger partial charge in [-0.1, -0.05) is 19.1 Å². The zero-order valence-corrected chi connectivity index (χ0v) is 16.0. The summed E-state index contributed by atoms with van der Waals surface area (Å²) in [6.07, 6.45) is 2.29. The van der Waals surface area contributed by atoms with Gasteiger partial charge in [0.1, 0.15) is 11.5 Å². The van der Waals surface area contributed by atoms with Crippen LogP contribution < -0.4 is 4.74 Å². The largest absolute Gasteiger partial charge is 0.493 e. The maximum atomic E-state index is 13.4. The van der Waals surface area contributed by atoms with E-state index < -0.39 is 17.7 Å². The second-order valence-electron chi connectivity index (χ2n) is 7.06. The molecule has 0 aromatic heterocycles. The van der Waals surface area contributed by atoms with Crippen molar-refractivity contribution in [3.8, 4) is 5.75 Å². The number of carbonyl (C=O) groups is 2. The van der Waals surface area contributed by atoms with Crippen molar-refractivity contribution in [2.24, 2.45) is 0 Å². The Kier molecular flexibility index (Phi) is 6.01. The van der Waals surface area contributed by atoms with Gasteiger partial charge in [0, 0.05) is 25.9 Å². The molecule has 0 aliphatic carbocycles. The summed E-state index contributed by atoms with van der Waals surface area (Å²) in [5.74, 6) is -0.905. The van der Waals surface area contributed by atoms with Gasteiger partial charge in [-0.2, -0.15) is 0 Å². The van der Waals surface area contributed by atoms with Gasteiger partial charge in [0.25, 0.3) is 5.91 Å². The maximum absolute atomic E-state index is 13.4. The van der Waals surface area contributed by atoms with Crippen LogP contribution in [-0.2, 0) is 9.53 Å². The predicted molar refractivity (Wildman–Crippen MR) is 99.9 cm³/mol. The third-order valence-electron chi connectivity index (χ3n) is 5.36. The van der Waals surface area contributed by atoms with Crippen molar-refractivity contribution >= 4 is 11.9 Å². The minimum atomic E-state index is -1.04. The molecule has 1 atom stereocenters. The number of carbonyl (C=O) groups excluding carboxylic acids is 1. The summed E-state index contributed by atoms with van der Waals surface area (Å²) in [7, 11) is 0. The highest BCUT2D eigenvalue weighted by atomic mass is 16.5. The standard InChI is InChI=1S/C20H28N2O5/c1-3-11-21-12-9-20(10-13-21)22(16(14-27-20)19(24)25)18(23)15-7-5-6-8-17(15)26-4-2/h5-8,16H,3-4,9-14H2,1-2H3,(H,24,25)/t16-/m0/s1. The first-order valence-electron chi connectivity index (χ1n) is 9.67. The molecule has 1 aromatic carbocycles. The van der Waals surface area contributed by atoms with Crippen LogP contribution in [0.1, 0.15) is 43.5 Å². The molecule has 0 unspecified atom stereocenters. The zero-order chi connectivity index (χ0) is 19.4. The smallest absolute Gasteiger partial charge is 0.328 e. The molecule has 1 N–H and O–H groups in total. The minimum Gasteiger partial charge on any atom is -0.493 e. The molecule has 1 aromatic rings. The lowest BCUT2D eigenvalue weighted by Gasteiger charge is -2.44. The van der Waals surface area contributed by atoms with E-state index >= 15 is 0 Å². The van der Waals surface area contributed by atoms with Crippen molar-refractivity contribution < 1.29 is 24.2 Å². The number of hydrogen-bond donors (Lipinski definition) is 1. The second-order valence-corrected chi connectivity index (χ2v) is 7.06. The topological polar surface area (TPSA) is 79.3 Å². The number of nitrogens with zero attached hydrogens (tertiary/aromatic N) is 2. The van der Waals surface area contributed by atoms with E-state index in [0.717, 1.165) is 26.1 Å². The van der Waals surface area contributed by atoms with Crippen LogP contribution in [0.3, 0.4) is 0 Å². The number of carboxylic acids is 1. The van der Waals surface area contributed by atoms with Gasteiger partial charge in [0.2, 0.25) is 0 Å². The maximum Gasteiger partial charge on any atom is 0.328 e. The fourth-order valence-corrected chi connectivity index (χ4v) is 4.05. The lowest BCUT2D eigenvalue weighted by molar-refractivity contribution is -0.143. The first kappa shape index (κ1) is 19.6. The van der Waals surface area contributed by atoms with E-state index in [0.29, 0.717) is 30.8 Å². The molecular weight excluding hydrogens is 348 g/mol. The molecule has 2 saturated heterocycles. The number of benzene rings is 1. The van der Waals surface area contributed by atoms with Crippen LogP contribution in [0.4, 0.5) is 0 Å². The molecule has 0 bridgehead atoms. The van der Waals surface area contributed by atoms with Crippen molar-refractivity contribution in [2.75, 3.05) is 32.8 Å². The van der Waals surface area contributed by atoms with Gasteiger partial charge >= 0.3 is 5.97 Å². The van der Waals surface area contributed by atoms with Gasteiger partial charge in [0.05, 0.1) is 18.8 Å². The Balaban J connectivity index is 1.91. The molecule has 27 heavy (non-hydrogen) atoms. The number of hydrogen-bond acceptors (Lipinski definition) is 5. The Bertz CT molecular complexity index is 685. The molecule has 1 amide bonds. The highest BCUT2D eigenvalue weighted by molar-refractivity contribution is 5.99. The van der Waals surface area contributed by atoms with E-state index in [4.69, 9.17) is 9.47 Å². The van der Waals surface area contributed by atoms with Crippen LogP contribution in [0.5, 0.6) is 5.75 Å². The molecule has 7 nitrogen and oxygen atoms in total. The molecule has 148 valence electrons. The van der Waals surface area contributed by atoms with Gasteiger partial charge in [0.15, 0.2) is 6.04 Å². The van der Waals surface area contributed by atoms with E-state index in [9.17, 15) is 14.7 Å². The number of amides is 1. The number of aliphatic carboxylic acids is 1. The molecule has 2 aliphatic heterocycles. The normalized spacial score (nSPS) is 22.1. The average molecular weight is 376 g/mol. The van der Waals surface area contributed by atoms with Gasteiger partial charge < -0.3 is 19.5 Å². The van der Waals surface area contributed by atoms with Gasteiger partial charge in [-0.15, -0.1) is 0 Å². The molecule has 2 aliphatic rings. The lowest BCUT2D eigenvalue weighted by Crippen LogP contribution is -2.58. The molecular formula is C20H28N2O5. The Hall–Kier alpha value is -2.12. The fourth-order valence-electron chi connectivity index (χ4n) is 4.05. The van der Waals surface area contributed by atoms with Crippen LogP contribution >= 0.6 is 0 Å². The third kappa shape index (κ3) is 3.80. The molecule has 3 rings (SSSR count). The summed E-state index contributed by atoms with van der Waals surface area (Å²) in [6.45, 7) is 7.02. The van der Waals surface area contributed by atoms with E-state index in [1.165, 1.54) is 4.90 Å². The van der Waals surface area contributed by atoms with Gasteiger partial charge in [-0.05, 0) is 32.0 Å². The Morgan fingerprint density at radius 2 is 1.96 bits per heavy atom. The first-order chi connectivity index (χ1) is 13.0. The van der Waals surface area contributed by atoms with Crippen molar-refractivity contribution in [3.63, 3.8) is 0 Å². The number of piperidine rings is 1. The summed E-state index contributed by atoms with van der Waals surface area (Å²) < 4.78 is 11.6. The summed E-state index contributed by atoms with van der Waals surface area (Å²) in [4.78, 5) is 29.1. The Morgan fingerprint density at radius 3 is 2.59 bits per heavy atom. The third-order valence-corrected chi connectivity index (χ3v) is 5.36. The monoisotopic (exact) mass is 376 g/mol. The quantitative estimate of drug-likeness (QED) is 0.820. The lowest BCUT2D eigenvalue weighted by atomic mass is 9.96. The summed E-state index contributed by atoms with van der Waals surface area (Å²) >= 11 is 0. The van der Waals surface area contributed by atoms with Crippen molar-refractivity contribution in [3.05, 3.63) is 29.8 Å². The highest BCUT2D eigenvalue weighted by Gasteiger charge is 2.54. The van der Waals surface area contributed by atoms with E-state index in [2.05, 4.69) is 11.8 Å². The molecule has 7 heteroatoms. The van der Waals surface area contributed by atoms with Crippen LogP contribution in [0, 0.1) is 0 Å². The summed E-state index contributed by atoms with van der Waals surface area (Å²) in [5.41, 5.74) is -0.476. The fraction of sp³-hybridized carbons (Fsp3) is 0.600. The van der Waals surface area contributed by atoms with Crippen LogP contribution in [0.25, 0.3) is 0 Å².